The molecule has 7 heteroatoms. The molecule has 0 aromatic heterocycles. The number of benzene rings is 1. The second-order valence-electron chi connectivity index (χ2n) is 6.81. The van der Waals surface area contributed by atoms with Gasteiger partial charge in [0.1, 0.15) is 0 Å². The van der Waals surface area contributed by atoms with Crippen molar-refractivity contribution in [2.24, 2.45) is 0 Å². The van der Waals surface area contributed by atoms with Gasteiger partial charge < -0.3 is 24.8 Å². The van der Waals surface area contributed by atoms with E-state index in [1.165, 1.54) is 0 Å². The Morgan fingerprint density at radius 3 is 2.68 bits per heavy atom. The second-order valence-corrected chi connectivity index (χ2v) is 6.81. The standard InChI is InChI=1S/C18H27N3O4/c1-12(21-9-13(2)25-14(3)10-21)7-19-18(22)20-8-15-4-5-16-17(6-15)24-11-23-16/h4-6,12-14H,7-11H2,1-3H3,(H2,19,20,22)/t12-,13-,14+/m0/s1. The summed E-state index contributed by atoms with van der Waals surface area (Å²) >= 11 is 0. The van der Waals surface area contributed by atoms with Crippen LogP contribution >= 0.6 is 0 Å². The van der Waals surface area contributed by atoms with Crippen LogP contribution in [0.2, 0.25) is 0 Å². The summed E-state index contributed by atoms with van der Waals surface area (Å²) < 4.78 is 16.4. The summed E-state index contributed by atoms with van der Waals surface area (Å²) in [4.78, 5) is 14.4. The van der Waals surface area contributed by atoms with Crippen molar-refractivity contribution in [1.29, 1.82) is 0 Å². The molecular formula is C18H27N3O4. The van der Waals surface area contributed by atoms with Crippen molar-refractivity contribution in [2.45, 2.75) is 45.6 Å². The van der Waals surface area contributed by atoms with Crippen LogP contribution in [0.5, 0.6) is 11.5 Å². The van der Waals surface area contributed by atoms with Crippen molar-refractivity contribution in [3.63, 3.8) is 0 Å². The van der Waals surface area contributed by atoms with E-state index in [1.807, 2.05) is 18.2 Å². The molecule has 7 nitrogen and oxygen atoms in total. The van der Waals surface area contributed by atoms with Gasteiger partial charge in [0.2, 0.25) is 6.79 Å². The first-order valence-electron chi connectivity index (χ1n) is 8.81. The molecule has 1 aromatic carbocycles. The zero-order chi connectivity index (χ0) is 17.8. The summed E-state index contributed by atoms with van der Waals surface area (Å²) in [5.74, 6) is 1.47. The number of fused-ring (bicyclic) bond motifs is 1. The lowest BCUT2D eigenvalue weighted by Gasteiger charge is -2.38. The van der Waals surface area contributed by atoms with Gasteiger partial charge in [-0.3, -0.25) is 4.90 Å². The highest BCUT2D eigenvalue weighted by Gasteiger charge is 2.25. The Morgan fingerprint density at radius 1 is 1.20 bits per heavy atom. The van der Waals surface area contributed by atoms with Gasteiger partial charge in [0, 0.05) is 32.2 Å². The molecule has 0 bridgehead atoms. The molecule has 0 radical (unpaired) electrons. The van der Waals surface area contributed by atoms with Gasteiger partial charge in [0.05, 0.1) is 12.2 Å². The van der Waals surface area contributed by atoms with Crippen LogP contribution in [0, 0.1) is 0 Å². The summed E-state index contributed by atoms with van der Waals surface area (Å²) in [6, 6.07) is 5.78. The van der Waals surface area contributed by atoms with Crippen LogP contribution in [0.15, 0.2) is 18.2 Å². The van der Waals surface area contributed by atoms with Crippen LogP contribution in [0.1, 0.15) is 26.3 Å². The first-order valence-corrected chi connectivity index (χ1v) is 8.81. The number of hydrogen-bond acceptors (Lipinski definition) is 5. The first-order chi connectivity index (χ1) is 12.0. The molecular weight excluding hydrogens is 322 g/mol. The first kappa shape index (κ1) is 17.8. The third-order valence-corrected chi connectivity index (χ3v) is 4.52. The molecule has 2 aliphatic rings. The Hall–Kier alpha value is -1.99. The minimum Gasteiger partial charge on any atom is -0.454 e. The number of amides is 2. The molecule has 3 atom stereocenters. The Labute approximate surface area is 148 Å². The number of nitrogens with one attached hydrogen (secondary N) is 2. The maximum Gasteiger partial charge on any atom is 0.315 e. The number of carbonyl (C=O) groups is 1. The Balaban J connectivity index is 1.40. The molecule has 3 rings (SSSR count). The van der Waals surface area contributed by atoms with Crippen molar-refractivity contribution in [3.8, 4) is 11.5 Å². The van der Waals surface area contributed by atoms with Crippen LogP contribution in [-0.2, 0) is 11.3 Å². The highest BCUT2D eigenvalue weighted by molar-refractivity contribution is 5.73. The van der Waals surface area contributed by atoms with Gasteiger partial charge in [0.15, 0.2) is 11.5 Å². The van der Waals surface area contributed by atoms with Crippen molar-refractivity contribution in [2.75, 3.05) is 26.4 Å². The van der Waals surface area contributed by atoms with Gasteiger partial charge in [-0.2, -0.15) is 0 Å². The fourth-order valence-corrected chi connectivity index (χ4v) is 3.24. The van der Waals surface area contributed by atoms with E-state index in [2.05, 4.69) is 36.3 Å². The second kappa shape index (κ2) is 7.93. The van der Waals surface area contributed by atoms with Crippen molar-refractivity contribution in [3.05, 3.63) is 23.8 Å². The van der Waals surface area contributed by atoms with E-state index in [4.69, 9.17) is 14.2 Å². The summed E-state index contributed by atoms with van der Waals surface area (Å²) in [5, 5.41) is 5.82. The lowest BCUT2D eigenvalue weighted by Crippen LogP contribution is -2.52. The third-order valence-electron chi connectivity index (χ3n) is 4.52. The predicted molar refractivity (Wildman–Crippen MR) is 93.8 cm³/mol. The molecule has 2 aliphatic heterocycles. The van der Waals surface area contributed by atoms with E-state index in [1.54, 1.807) is 0 Å². The van der Waals surface area contributed by atoms with Crippen LogP contribution in [0.4, 0.5) is 4.79 Å². The lowest BCUT2D eigenvalue weighted by atomic mass is 10.2. The van der Waals surface area contributed by atoms with Crippen molar-refractivity contribution in [1.82, 2.24) is 15.5 Å². The Morgan fingerprint density at radius 2 is 1.92 bits per heavy atom. The topological polar surface area (TPSA) is 72.1 Å². The average molecular weight is 349 g/mol. The third kappa shape index (κ3) is 4.76. The SMILES string of the molecule is C[C@@H]1CN([C@@H](C)CNC(=O)NCc2ccc3c(c2)OCO3)C[C@H](C)O1. The van der Waals surface area contributed by atoms with E-state index in [-0.39, 0.29) is 31.1 Å². The number of morpholine rings is 1. The van der Waals surface area contributed by atoms with Crippen LogP contribution in [0.25, 0.3) is 0 Å². The molecule has 1 saturated heterocycles. The fraction of sp³-hybridized carbons (Fsp3) is 0.611. The van der Waals surface area contributed by atoms with Gasteiger partial charge in [-0.1, -0.05) is 6.07 Å². The van der Waals surface area contributed by atoms with Gasteiger partial charge in [0.25, 0.3) is 0 Å². The zero-order valence-electron chi connectivity index (χ0n) is 15.1. The number of urea groups is 1. The molecule has 0 aliphatic carbocycles. The number of rotatable bonds is 5. The number of nitrogens with zero attached hydrogens (tertiary/aromatic N) is 1. The summed E-state index contributed by atoms with van der Waals surface area (Å²) in [6.45, 7) is 9.39. The monoisotopic (exact) mass is 349 g/mol. The number of hydrogen-bond donors (Lipinski definition) is 2. The zero-order valence-corrected chi connectivity index (χ0v) is 15.1. The van der Waals surface area contributed by atoms with Crippen molar-refractivity contribution < 1.29 is 19.0 Å². The maximum atomic E-state index is 12.0. The van der Waals surface area contributed by atoms with Crippen molar-refractivity contribution >= 4 is 6.03 Å². The molecule has 0 saturated carbocycles. The molecule has 2 heterocycles. The van der Waals surface area contributed by atoms with Gasteiger partial charge in [-0.15, -0.1) is 0 Å². The van der Waals surface area contributed by atoms with E-state index < -0.39 is 0 Å². The molecule has 0 spiro atoms. The van der Waals surface area contributed by atoms with Gasteiger partial charge in [-0.25, -0.2) is 4.79 Å². The molecule has 2 N–H and O–H groups in total. The van der Waals surface area contributed by atoms with Crippen LogP contribution in [-0.4, -0.2) is 55.6 Å². The highest BCUT2D eigenvalue weighted by atomic mass is 16.7. The van der Waals surface area contributed by atoms with Gasteiger partial charge in [-0.05, 0) is 38.5 Å². The maximum absolute atomic E-state index is 12.0. The van der Waals surface area contributed by atoms with E-state index >= 15 is 0 Å². The van der Waals surface area contributed by atoms with Crippen LogP contribution < -0.4 is 20.1 Å². The Bertz CT molecular complexity index is 600. The average Bonchev–Trinajstić information content (AvgIpc) is 3.04. The predicted octanol–water partition coefficient (Wildman–Crippen LogP) is 1.71. The van der Waals surface area contributed by atoms with E-state index in [0.717, 1.165) is 30.2 Å². The number of ether oxygens (including phenoxy) is 3. The quantitative estimate of drug-likeness (QED) is 0.847. The van der Waals surface area contributed by atoms with Gasteiger partial charge >= 0.3 is 6.03 Å². The minimum absolute atomic E-state index is 0.168. The normalized spacial score (nSPS) is 24.0. The molecule has 2 amide bonds. The fourth-order valence-electron chi connectivity index (χ4n) is 3.24. The molecule has 25 heavy (non-hydrogen) atoms. The lowest BCUT2D eigenvalue weighted by molar-refractivity contribution is -0.0778. The Kier molecular flexibility index (Phi) is 5.65. The number of carbonyl (C=O) groups excluding carboxylic acids is 1. The summed E-state index contributed by atoms with van der Waals surface area (Å²) in [5.41, 5.74) is 0.975. The molecule has 1 aromatic rings. The molecule has 138 valence electrons. The summed E-state index contributed by atoms with van der Waals surface area (Å²) in [7, 11) is 0. The smallest absolute Gasteiger partial charge is 0.315 e. The van der Waals surface area contributed by atoms with E-state index in [9.17, 15) is 4.79 Å². The van der Waals surface area contributed by atoms with E-state index in [0.29, 0.717) is 13.1 Å². The summed E-state index contributed by atoms with van der Waals surface area (Å²) in [6.07, 6.45) is 0.456. The highest BCUT2D eigenvalue weighted by Crippen LogP contribution is 2.32. The minimum atomic E-state index is -0.168. The molecule has 1 fully saturated rings. The van der Waals surface area contributed by atoms with Crippen LogP contribution in [0.3, 0.4) is 0 Å². The largest absolute Gasteiger partial charge is 0.454 e. The molecule has 0 unspecified atom stereocenters.